The summed E-state index contributed by atoms with van der Waals surface area (Å²) < 4.78 is 12.6. The zero-order valence-corrected chi connectivity index (χ0v) is 14.0. The van der Waals surface area contributed by atoms with Gasteiger partial charge in [-0.15, -0.1) is 11.6 Å². The Morgan fingerprint density at radius 3 is 2.53 bits per heavy atom. The van der Waals surface area contributed by atoms with E-state index < -0.39 is 0 Å². The van der Waals surface area contributed by atoms with Gasteiger partial charge in [-0.2, -0.15) is 0 Å². The highest BCUT2D eigenvalue weighted by molar-refractivity contribution is 9.10. The van der Waals surface area contributed by atoms with E-state index >= 15 is 0 Å². The molecule has 1 aromatic rings. The molecule has 1 aromatic carbocycles. The summed E-state index contributed by atoms with van der Waals surface area (Å²) in [6.45, 7) is 7.44. The standard InChI is InChI=1S/C15H20BrClO2/c1-4-18-12-8-10(16)13-9(3)6-7-11(17)14(13)15(12)19-5-2/h8-9,11H,4-7H2,1-3H3. The van der Waals surface area contributed by atoms with Crippen LogP contribution in [0.3, 0.4) is 0 Å². The molecule has 0 saturated heterocycles. The largest absolute Gasteiger partial charge is 0.490 e. The normalized spacial score (nSPS) is 21.9. The summed E-state index contributed by atoms with van der Waals surface area (Å²) in [6, 6.07) is 2.01. The number of hydrogen-bond donors (Lipinski definition) is 0. The smallest absolute Gasteiger partial charge is 0.166 e. The molecule has 0 fully saturated rings. The van der Waals surface area contributed by atoms with E-state index in [-0.39, 0.29) is 5.38 Å². The molecule has 2 rings (SSSR count). The average Bonchev–Trinajstić information content (AvgIpc) is 2.37. The summed E-state index contributed by atoms with van der Waals surface area (Å²) in [5.41, 5.74) is 2.39. The SMILES string of the molecule is CCOc1cc(Br)c2c(c1OCC)C(Cl)CCC2C. The number of hydrogen-bond acceptors (Lipinski definition) is 2. The fourth-order valence-electron chi connectivity index (χ4n) is 2.69. The lowest BCUT2D eigenvalue weighted by Crippen LogP contribution is -2.13. The van der Waals surface area contributed by atoms with E-state index in [9.17, 15) is 0 Å². The molecule has 0 spiro atoms. The maximum atomic E-state index is 6.54. The maximum Gasteiger partial charge on any atom is 0.166 e. The van der Waals surface area contributed by atoms with Crippen LogP contribution in [0, 0.1) is 0 Å². The van der Waals surface area contributed by atoms with Gasteiger partial charge in [0.1, 0.15) is 0 Å². The van der Waals surface area contributed by atoms with Crippen molar-refractivity contribution in [1.29, 1.82) is 0 Å². The molecule has 19 heavy (non-hydrogen) atoms. The highest BCUT2D eigenvalue weighted by Crippen LogP contribution is 2.51. The molecular weight excluding hydrogens is 328 g/mol. The van der Waals surface area contributed by atoms with Gasteiger partial charge in [0.2, 0.25) is 0 Å². The summed E-state index contributed by atoms with van der Waals surface area (Å²) in [5.74, 6) is 2.11. The van der Waals surface area contributed by atoms with Crippen molar-refractivity contribution in [2.45, 2.75) is 44.9 Å². The summed E-state index contributed by atoms with van der Waals surface area (Å²) in [4.78, 5) is 0. The second-order valence-electron chi connectivity index (χ2n) is 4.82. The molecule has 1 aliphatic rings. The van der Waals surface area contributed by atoms with Crippen LogP contribution in [0.5, 0.6) is 11.5 Å². The van der Waals surface area contributed by atoms with Gasteiger partial charge in [0, 0.05) is 10.0 Å². The highest BCUT2D eigenvalue weighted by Gasteiger charge is 2.31. The van der Waals surface area contributed by atoms with Crippen LogP contribution in [-0.2, 0) is 0 Å². The predicted octanol–water partition coefficient (Wildman–Crippen LogP) is 5.42. The van der Waals surface area contributed by atoms with Gasteiger partial charge in [-0.1, -0.05) is 22.9 Å². The van der Waals surface area contributed by atoms with E-state index in [4.69, 9.17) is 21.1 Å². The summed E-state index contributed by atoms with van der Waals surface area (Å²) in [7, 11) is 0. The van der Waals surface area contributed by atoms with E-state index in [2.05, 4.69) is 22.9 Å². The lowest BCUT2D eigenvalue weighted by Gasteiger charge is -2.30. The van der Waals surface area contributed by atoms with Crippen LogP contribution in [0.4, 0.5) is 0 Å². The summed E-state index contributed by atoms with van der Waals surface area (Å²) >= 11 is 10.2. The van der Waals surface area contributed by atoms with E-state index in [0.717, 1.165) is 34.4 Å². The van der Waals surface area contributed by atoms with Crippen LogP contribution in [-0.4, -0.2) is 13.2 Å². The van der Waals surface area contributed by atoms with Crippen LogP contribution in [0.15, 0.2) is 10.5 Å². The second-order valence-corrected chi connectivity index (χ2v) is 6.21. The monoisotopic (exact) mass is 346 g/mol. The second kappa shape index (κ2) is 6.36. The van der Waals surface area contributed by atoms with Crippen molar-refractivity contribution in [3.63, 3.8) is 0 Å². The molecule has 0 heterocycles. The van der Waals surface area contributed by atoms with Gasteiger partial charge in [0.05, 0.1) is 18.6 Å². The van der Waals surface area contributed by atoms with Gasteiger partial charge in [0.15, 0.2) is 11.5 Å². The van der Waals surface area contributed by atoms with Crippen molar-refractivity contribution >= 4 is 27.5 Å². The predicted molar refractivity (Wildman–Crippen MR) is 82.7 cm³/mol. The minimum Gasteiger partial charge on any atom is -0.490 e. The molecule has 0 radical (unpaired) electrons. The van der Waals surface area contributed by atoms with E-state index in [0.29, 0.717) is 19.1 Å². The third kappa shape index (κ3) is 2.87. The Morgan fingerprint density at radius 2 is 1.89 bits per heavy atom. The lowest BCUT2D eigenvalue weighted by atomic mass is 9.83. The molecule has 0 N–H and O–H groups in total. The molecule has 4 heteroatoms. The van der Waals surface area contributed by atoms with Crippen LogP contribution in [0.2, 0.25) is 0 Å². The van der Waals surface area contributed by atoms with E-state index in [1.165, 1.54) is 5.56 Å². The number of rotatable bonds is 4. The fraction of sp³-hybridized carbons (Fsp3) is 0.600. The van der Waals surface area contributed by atoms with Crippen LogP contribution >= 0.6 is 27.5 Å². The number of halogens is 2. The first-order valence-electron chi connectivity index (χ1n) is 6.86. The van der Waals surface area contributed by atoms with Gasteiger partial charge in [0.25, 0.3) is 0 Å². The molecule has 0 aromatic heterocycles. The average molecular weight is 348 g/mol. The molecule has 0 bridgehead atoms. The third-order valence-corrected chi connectivity index (χ3v) is 4.61. The molecule has 0 saturated carbocycles. The van der Waals surface area contributed by atoms with Gasteiger partial charge < -0.3 is 9.47 Å². The van der Waals surface area contributed by atoms with Crippen molar-refractivity contribution in [3.05, 3.63) is 21.7 Å². The Hall–Kier alpha value is -0.410. The Labute approximate surface area is 128 Å². The van der Waals surface area contributed by atoms with Gasteiger partial charge >= 0.3 is 0 Å². The quantitative estimate of drug-likeness (QED) is 0.677. The first kappa shape index (κ1) is 15.0. The van der Waals surface area contributed by atoms with Crippen molar-refractivity contribution in [2.24, 2.45) is 0 Å². The molecule has 0 aliphatic heterocycles. The number of fused-ring (bicyclic) bond motifs is 1. The minimum absolute atomic E-state index is 0.00413. The summed E-state index contributed by atoms with van der Waals surface area (Å²) in [6.07, 6.45) is 2.09. The molecule has 1 aliphatic carbocycles. The minimum atomic E-state index is 0.00413. The zero-order valence-electron chi connectivity index (χ0n) is 11.6. The van der Waals surface area contributed by atoms with Crippen molar-refractivity contribution in [1.82, 2.24) is 0 Å². The van der Waals surface area contributed by atoms with Crippen molar-refractivity contribution in [2.75, 3.05) is 13.2 Å². The molecular formula is C15H20BrClO2. The third-order valence-electron chi connectivity index (χ3n) is 3.52. The Kier molecular flexibility index (Phi) is 5.02. The van der Waals surface area contributed by atoms with Gasteiger partial charge in [-0.05, 0) is 44.2 Å². The number of ether oxygens (including phenoxy) is 2. The topological polar surface area (TPSA) is 18.5 Å². The molecule has 2 unspecified atom stereocenters. The number of alkyl halides is 1. The van der Waals surface area contributed by atoms with Crippen LogP contribution in [0.25, 0.3) is 0 Å². The fourth-order valence-corrected chi connectivity index (χ4v) is 3.85. The molecule has 0 amide bonds. The Balaban J connectivity index is 2.62. The van der Waals surface area contributed by atoms with E-state index in [1.807, 2.05) is 19.9 Å². The zero-order chi connectivity index (χ0) is 14.0. The van der Waals surface area contributed by atoms with Gasteiger partial charge in [-0.25, -0.2) is 0 Å². The molecule has 2 nitrogen and oxygen atoms in total. The van der Waals surface area contributed by atoms with Crippen molar-refractivity contribution < 1.29 is 9.47 Å². The van der Waals surface area contributed by atoms with Crippen LogP contribution in [0.1, 0.15) is 56.0 Å². The number of benzene rings is 1. The summed E-state index contributed by atoms with van der Waals surface area (Å²) in [5, 5.41) is 0.00413. The lowest BCUT2D eigenvalue weighted by molar-refractivity contribution is 0.283. The maximum absolute atomic E-state index is 6.54. The first-order chi connectivity index (χ1) is 9.10. The van der Waals surface area contributed by atoms with Gasteiger partial charge in [-0.3, -0.25) is 0 Å². The Bertz CT molecular complexity index is 462. The van der Waals surface area contributed by atoms with Crippen LogP contribution < -0.4 is 9.47 Å². The molecule has 106 valence electrons. The van der Waals surface area contributed by atoms with Crippen molar-refractivity contribution in [3.8, 4) is 11.5 Å². The van der Waals surface area contributed by atoms with E-state index in [1.54, 1.807) is 0 Å². The molecule has 2 atom stereocenters. The Morgan fingerprint density at radius 1 is 1.21 bits per heavy atom. The highest BCUT2D eigenvalue weighted by atomic mass is 79.9. The first-order valence-corrected chi connectivity index (χ1v) is 8.08.